The van der Waals surface area contributed by atoms with Crippen LogP contribution in [-0.4, -0.2) is 22.5 Å². The zero-order chi connectivity index (χ0) is 22.3. The Morgan fingerprint density at radius 3 is 2.75 bits per heavy atom. The van der Waals surface area contributed by atoms with Gasteiger partial charge in [-0.25, -0.2) is 5.43 Å². The summed E-state index contributed by atoms with van der Waals surface area (Å²) in [7, 11) is 0. The Morgan fingerprint density at radius 2 is 1.88 bits per heavy atom. The minimum atomic E-state index is -0.252. The van der Waals surface area contributed by atoms with E-state index in [1.54, 1.807) is 36.9 Å². The van der Waals surface area contributed by atoms with Crippen LogP contribution in [0.4, 0.5) is 0 Å². The van der Waals surface area contributed by atoms with Crippen LogP contribution < -0.4 is 15.6 Å². The molecule has 0 aliphatic carbocycles. The van der Waals surface area contributed by atoms with Crippen LogP contribution in [0.15, 0.2) is 80.5 Å². The van der Waals surface area contributed by atoms with Gasteiger partial charge in [0.2, 0.25) is 4.34 Å². The number of para-hydroxylation sites is 1. The zero-order valence-electron chi connectivity index (χ0n) is 17.2. The van der Waals surface area contributed by atoms with E-state index in [1.165, 1.54) is 45.5 Å². The summed E-state index contributed by atoms with van der Waals surface area (Å²) in [6.45, 7) is 1.69. The average molecular weight is 481 g/mol. The predicted molar refractivity (Wildman–Crippen MR) is 129 cm³/mol. The number of thioether (sulfide) groups is 2. The number of aromatic amines is 1. The molecular formula is C23H20N4O2S3. The van der Waals surface area contributed by atoms with E-state index < -0.39 is 0 Å². The second-order valence-electron chi connectivity index (χ2n) is 6.82. The standard InChI is InChI=1S/C23H20N4O2S3/c1-15(18-10-4-5-12-20(18)28)24-25-21(29)14-31-23-27-26-22(32-23)30-13-17-9-6-8-16-7-2-3-11-19(16)17/h2-12,28H,13-14H2,1H3,(H,25,29). The van der Waals surface area contributed by atoms with Crippen LogP contribution in [0.25, 0.3) is 10.8 Å². The quantitative estimate of drug-likeness (QED) is 0.233. The first-order valence-corrected chi connectivity index (χ1v) is 12.6. The van der Waals surface area contributed by atoms with Gasteiger partial charge >= 0.3 is 4.34 Å². The molecule has 32 heavy (non-hydrogen) atoms. The number of nitrogens with one attached hydrogen (secondary N) is 2. The molecule has 0 saturated heterocycles. The third-order valence-electron chi connectivity index (χ3n) is 4.61. The first kappa shape index (κ1) is 22.3. The number of amides is 1. The van der Waals surface area contributed by atoms with Crippen LogP contribution in [0, 0.1) is 0 Å². The van der Waals surface area contributed by atoms with Gasteiger partial charge < -0.3 is 5.11 Å². The molecule has 0 spiro atoms. The molecule has 0 bridgehead atoms. The van der Waals surface area contributed by atoms with E-state index in [2.05, 4.69) is 57.1 Å². The molecule has 4 rings (SSSR count). The van der Waals surface area contributed by atoms with Crippen LogP contribution >= 0.6 is 34.9 Å². The Hall–Kier alpha value is -2.88. The first-order valence-electron chi connectivity index (χ1n) is 9.80. The van der Waals surface area contributed by atoms with Gasteiger partial charge in [-0.2, -0.15) is 5.10 Å². The maximum atomic E-state index is 12.1. The van der Waals surface area contributed by atoms with E-state index in [1.807, 2.05) is 6.07 Å². The lowest BCUT2D eigenvalue weighted by molar-refractivity contribution is -0.492. The van der Waals surface area contributed by atoms with Crippen LogP contribution in [0.5, 0.6) is 5.75 Å². The third-order valence-corrected chi connectivity index (χ3v) is 7.91. The van der Waals surface area contributed by atoms with Crippen molar-refractivity contribution in [3.8, 4) is 5.75 Å². The number of fused-ring (bicyclic) bond motifs is 1. The van der Waals surface area contributed by atoms with E-state index in [9.17, 15) is 9.90 Å². The van der Waals surface area contributed by atoms with Gasteiger partial charge in [0.05, 0.1) is 11.5 Å². The molecule has 0 saturated carbocycles. The molecule has 0 fully saturated rings. The van der Waals surface area contributed by atoms with Gasteiger partial charge in [0.25, 0.3) is 5.91 Å². The molecule has 3 aromatic carbocycles. The molecule has 162 valence electrons. The van der Waals surface area contributed by atoms with Crippen molar-refractivity contribution in [3.63, 3.8) is 0 Å². The largest absolute Gasteiger partial charge is 0.872 e. The van der Waals surface area contributed by atoms with Gasteiger partial charge in [-0.05, 0) is 51.9 Å². The number of hydrogen-bond donors (Lipinski definition) is 1. The third kappa shape index (κ3) is 5.67. The molecule has 0 radical (unpaired) electrons. The molecule has 1 aromatic heterocycles. The molecule has 9 heteroatoms. The lowest BCUT2D eigenvalue weighted by atomic mass is 10.1. The number of H-pyrrole nitrogens is 1. The van der Waals surface area contributed by atoms with Crippen molar-refractivity contribution in [2.45, 2.75) is 21.4 Å². The average Bonchev–Trinajstić information content (AvgIpc) is 3.28. The summed E-state index contributed by atoms with van der Waals surface area (Å²) >= 11 is 4.56. The normalized spacial score (nSPS) is 11.6. The minimum absolute atomic E-state index is 0.121. The smallest absolute Gasteiger partial charge is 0.323 e. The fraction of sp³-hybridized carbons (Fsp3) is 0.130. The van der Waals surface area contributed by atoms with Crippen molar-refractivity contribution in [3.05, 3.63) is 77.9 Å². The number of hydrogen-bond acceptors (Lipinski definition) is 7. The van der Waals surface area contributed by atoms with E-state index in [-0.39, 0.29) is 17.4 Å². The number of carbonyl (C=O) groups excluding carboxylic acids is 1. The summed E-state index contributed by atoms with van der Waals surface area (Å²) in [6.07, 6.45) is 0. The maximum absolute atomic E-state index is 12.1. The molecule has 1 amide bonds. The molecule has 2 N–H and O–H groups in total. The summed E-state index contributed by atoms with van der Waals surface area (Å²) in [5.74, 6) is 0.645. The fourth-order valence-electron chi connectivity index (χ4n) is 3.03. The highest BCUT2D eigenvalue weighted by Gasteiger charge is 2.14. The number of nitrogens with zero attached hydrogens (tertiary/aromatic N) is 2. The first-order chi connectivity index (χ1) is 15.6. The highest BCUT2D eigenvalue weighted by Crippen LogP contribution is 2.30. The van der Waals surface area contributed by atoms with Crippen LogP contribution in [0.3, 0.4) is 0 Å². The molecule has 0 unspecified atom stereocenters. The van der Waals surface area contributed by atoms with E-state index in [0.29, 0.717) is 11.3 Å². The van der Waals surface area contributed by atoms with Crippen molar-refractivity contribution in [2.24, 2.45) is 5.10 Å². The Morgan fingerprint density at radius 1 is 1.09 bits per heavy atom. The van der Waals surface area contributed by atoms with E-state index in [0.717, 1.165) is 14.4 Å². The summed E-state index contributed by atoms with van der Waals surface area (Å²) < 4.78 is 1.77. The lowest BCUT2D eigenvalue weighted by Crippen LogP contribution is -2.21. The Labute approximate surface area is 198 Å². The van der Waals surface area contributed by atoms with Gasteiger partial charge in [-0.1, -0.05) is 89.3 Å². The number of aromatic nitrogens is 2. The monoisotopic (exact) mass is 480 g/mol. The minimum Gasteiger partial charge on any atom is -0.872 e. The van der Waals surface area contributed by atoms with E-state index in [4.69, 9.17) is 0 Å². The number of rotatable bonds is 8. The second kappa shape index (κ2) is 10.6. The molecule has 1 heterocycles. The van der Waals surface area contributed by atoms with Crippen molar-refractivity contribution in [2.75, 3.05) is 5.75 Å². The molecule has 4 aromatic rings. The van der Waals surface area contributed by atoms with Gasteiger partial charge in [0.1, 0.15) is 0 Å². The number of benzene rings is 3. The van der Waals surface area contributed by atoms with Crippen molar-refractivity contribution >= 4 is 57.3 Å². The van der Waals surface area contributed by atoms with Crippen LogP contribution in [-0.2, 0) is 10.5 Å². The molecular weight excluding hydrogens is 460 g/mol. The van der Waals surface area contributed by atoms with E-state index >= 15 is 0 Å². The summed E-state index contributed by atoms with van der Waals surface area (Å²) in [6, 6.07) is 21.3. The van der Waals surface area contributed by atoms with Gasteiger partial charge in [-0.15, -0.1) is 0 Å². The van der Waals surface area contributed by atoms with Crippen LogP contribution in [0.1, 0.15) is 18.1 Å². The second-order valence-corrected chi connectivity index (χ2v) is 10.3. The molecule has 0 aliphatic heterocycles. The molecule has 0 aliphatic rings. The highest BCUT2D eigenvalue weighted by atomic mass is 32.2. The Kier molecular flexibility index (Phi) is 7.41. The SMILES string of the molecule is CC(=NNC(=O)CSc1n[nH+]c(SCc2cccc3ccccc23)s1)c1ccccc1[O-]. The fourth-order valence-corrected chi connectivity index (χ4v) is 5.92. The maximum Gasteiger partial charge on any atom is 0.323 e. The summed E-state index contributed by atoms with van der Waals surface area (Å²) in [5, 5.41) is 25.7. The van der Waals surface area contributed by atoms with Crippen molar-refractivity contribution in [1.82, 2.24) is 10.5 Å². The van der Waals surface area contributed by atoms with Gasteiger partial charge in [-0.3, -0.25) is 4.79 Å². The molecule has 6 nitrogen and oxygen atoms in total. The Bertz CT molecular complexity index is 1270. The van der Waals surface area contributed by atoms with Crippen molar-refractivity contribution < 1.29 is 15.0 Å². The summed E-state index contributed by atoms with van der Waals surface area (Å²) in [5.41, 5.74) is 4.72. The summed E-state index contributed by atoms with van der Waals surface area (Å²) in [4.78, 5) is 12.1. The number of carbonyl (C=O) groups is 1. The predicted octanol–water partition coefficient (Wildman–Crippen LogP) is 4.11. The van der Waals surface area contributed by atoms with Gasteiger partial charge in [0.15, 0.2) is 0 Å². The van der Waals surface area contributed by atoms with Crippen LogP contribution in [0.2, 0.25) is 0 Å². The lowest BCUT2D eigenvalue weighted by Gasteiger charge is -2.12. The zero-order valence-corrected chi connectivity index (χ0v) is 19.7. The number of hydrazone groups is 1. The Balaban J connectivity index is 1.28. The van der Waals surface area contributed by atoms with Gasteiger partial charge in [0, 0.05) is 10.9 Å². The highest BCUT2D eigenvalue weighted by molar-refractivity contribution is 8.03. The molecule has 0 atom stereocenters. The van der Waals surface area contributed by atoms with Crippen molar-refractivity contribution in [1.29, 1.82) is 0 Å². The topological polar surface area (TPSA) is 91.6 Å².